The molecule has 0 aliphatic heterocycles. The van der Waals surface area contributed by atoms with E-state index >= 15 is 0 Å². The maximum Gasteiger partial charge on any atom is 0.127 e. The van der Waals surface area contributed by atoms with Gasteiger partial charge in [0.2, 0.25) is 0 Å². The zero-order valence-corrected chi connectivity index (χ0v) is 13.5. The van der Waals surface area contributed by atoms with Crippen molar-refractivity contribution in [2.45, 2.75) is 33.2 Å². The molecule has 1 atom stereocenters. The van der Waals surface area contributed by atoms with Crippen molar-refractivity contribution >= 4 is 11.6 Å². The molecule has 112 valence electrons. The molecule has 1 nitrogen and oxygen atoms in total. The van der Waals surface area contributed by atoms with Crippen LogP contribution in [0.4, 0.5) is 4.39 Å². The number of nitrogens with one attached hydrogen (secondary N) is 1. The Labute approximate surface area is 131 Å². The fourth-order valence-corrected chi connectivity index (χ4v) is 2.84. The Hall–Kier alpha value is -1.38. The maximum absolute atomic E-state index is 13.6. The summed E-state index contributed by atoms with van der Waals surface area (Å²) in [6.07, 6.45) is 0.834. The first-order valence-electron chi connectivity index (χ1n) is 7.25. The highest BCUT2D eigenvalue weighted by atomic mass is 35.5. The summed E-state index contributed by atoms with van der Waals surface area (Å²) in [5.41, 5.74) is 4.07. The molecule has 0 fully saturated rings. The first kappa shape index (κ1) is 16.0. The van der Waals surface area contributed by atoms with Gasteiger partial charge in [-0.15, -0.1) is 0 Å². The molecule has 0 aliphatic carbocycles. The maximum atomic E-state index is 13.6. The monoisotopic (exact) mass is 305 g/mol. The summed E-state index contributed by atoms with van der Waals surface area (Å²) in [5.74, 6) is -0.255. The molecule has 0 amide bonds. The number of hydrogen-bond acceptors (Lipinski definition) is 1. The van der Waals surface area contributed by atoms with Gasteiger partial charge in [0.1, 0.15) is 5.82 Å². The molecule has 21 heavy (non-hydrogen) atoms. The van der Waals surface area contributed by atoms with Crippen molar-refractivity contribution in [2.75, 3.05) is 6.54 Å². The van der Waals surface area contributed by atoms with Gasteiger partial charge in [0.05, 0.1) is 0 Å². The van der Waals surface area contributed by atoms with Crippen molar-refractivity contribution in [3.63, 3.8) is 0 Å². The van der Waals surface area contributed by atoms with Gasteiger partial charge in [-0.3, -0.25) is 0 Å². The SMILES string of the molecule is CCNC(Cc1cccc(C)c1)c1cc(C)c(F)cc1Cl. The number of rotatable bonds is 5. The summed E-state index contributed by atoms with van der Waals surface area (Å²) in [6.45, 7) is 6.75. The van der Waals surface area contributed by atoms with Crippen LogP contribution in [-0.4, -0.2) is 6.54 Å². The number of aryl methyl sites for hydroxylation is 2. The molecule has 2 aromatic carbocycles. The van der Waals surface area contributed by atoms with Crippen LogP contribution in [0.3, 0.4) is 0 Å². The molecule has 0 saturated heterocycles. The topological polar surface area (TPSA) is 12.0 Å². The zero-order chi connectivity index (χ0) is 15.4. The van der Waals surface area contributed by atoms with Crippen LogP contribution >= 0.6 is 11.6 Å². The average molecular weight is 306 g/mol. The fraction of sp³-hybridized carbons (Fsp3) is 0.333. The molecule has 0 aromatic heterocycles. The van der Waals surface area contributed by atoms with Gasteiger partial charge in [-0.2, -0.15) is 0 Å². The lowest BCUT2D eigenvalue weighted by molar-refractivity contribution is 0.546. The van der Waals surface area contributed by atoms with Gasteiger partial charge in [0.15, 0.2) is 0 Å². The molecule has 2 rings (SSSR count). The predicted molar refractivity (Wildman–Crippen MR) is 87.4 cm³/mol. The van der Waals surface area contributed by atoms with E-state index in [9.17, 15) is 4.39 Å². The molecule has 3 heteroatoms. The van der Waals surface area contributed by atoms with E-state index in [1.54, 1.807) is 6.92 Å². The highest BCUT2D eigenvalue weighted by molar-refractivity contribution is 6.31. The lowest BCUT2D eigenvalue weighted by Gasteiger charge is -2.21. The minimum Gasteiger partial charge on any atom is -0.310 e. The normalized spacial score (nSPS) is 12.4. The second kappa shape index (κ2) is 7.06. The van der Waals surface area contributed by atoms with E-state index in [2.05, 4.69) is 43.4 Å². The molecule has 1 N–H and O–H groups in total. The minimum absolute atomic E-state index is 0.0867. The smallest absolute Gasteiger partial charge is 0.127 e. The van der Waals surface area contributed by atoms with Crippen molar-refractivity contribution in [1.29, 1.82) is 0 Å². The molecule has 2 aromatic rings. The van der Waals surface area contributed by atoms with Crippen molar-refractivity contribution in [2.24, 2.45) is 0 Å². The Balaban J connectivity index is 2.33. The summed E-state index contributed by atoms with van der Waals surface area (Å²) in [7, 11) is 0. The molecule has 1 unspecified atom stereocenters. The molecular weight excluding hydrogens is 285 g/mol. The van der Waals surface area contributed by atoms with Crippen LogP contribution in [0, 0.1) is 19.7 Å². The summed E-state index contributed by atoms with van der Waals surface area (Å²) in [5, 5.41) is 3.93. The van der Waals surface area contributed by atoms with E-state index in [0.29, 0.717) is 10.6 Å². The van der Waals surface area contributed by atoms with E-state index < -0.39 is 0 Å². The van der Waals surface area contributed by atoms with Crippen LogP contribution in [0.5, 0.6) is 0 Å². The molecule has 0 aliphatic rings. The lowest BCUT2D eigenvalue weighted by atomic mass is 9.96. The molecule has 0 radical (unpaired) electrons. The summed E-state index contributed by atoms with van der Waals surface area (Å²) in [6, 6.07) is 11.8. The molecule has 0 saturated carbocycles. The predicted octanol–water partition coefficient (Wildman–Crippen LogP) is 4.99. The largest absolute Gasteiger partial charge is 0.310 e. The Morgan fingerprint density at radius 3 is 2.62 bits per heavy atom. The van der Waals surface area contributed by atoms with Gasteiger partial charge in [-0.25, -0.2) is 4.39 Å². The number of likely N-dealkylation sites (N-methyl/N-ethyl adjacent to an activating group) is 1. The van der Waals surface area contributed by atoms with Crippen LogP contribution in [-0.2, 0) is 6.42 Å². The third-order valence-electron chi connectivity index (χ3n) is 3.63. The molecule has 0 bridgehead atoms. The summed E-state index contributed by atoms with van der Waals surface area (Å²) < 4.78 is 13.6. The second-order valence-electron chi connectivity index (χ2n) is 5.43. The standard InChI is InChI=1S/C18H21ClFN/c1-4-21-18(10-14-7-5-6-12(2)8-14)15-9-13(3)17(20)11-16(15)19/h5-9,11,18,21H,4,10H2,1-3H3. The van der Waals surface area contributed by atoms with Crippen molar-refractivity contribution < 1.29 is 4.39 Å². The van der Waals surface area contributed by atoms with Crippen LogP contribution in [0.15, 0.2) is 36.4 Å². The van der Waals surface area contributed by atoms with Gasteiger partial charge >= 0.3 is 0 Å². The fourth-order valence-electron chi connectivity index (χ4n) is 2.56. The van der Waals surface area contributed by atoms with E-state index in [-0.39, 0.29) is 11.9 Å². The van der Waals surface area contributed by atoms with Crippen molar-refractivity contribution in [3.05, 3.63) is 69.5 Å². The van der Waals surface area contributed by atoms with Gasteiger partial charge < -0.3 is 5.32 Å². The van der Waals surface area contributed by atoms with E-state index in [1.165, 1.54) is 17.2 Å². The Kier molecular flexibility index (Phi) is 5.38. The number of benzene rings is 2. The number of halogens is 2. The van der Waals surface area contributed by atoms with E-state index in [0.717, 1.165) is 18.5 Å². The van der Waals surface area contributed by atoms with Crippen LogP contribution in [0.1, 0.15) is 35.2 Å². The minimum atomic E-state index is -0.255. The van der Waals surface area contributed by atoms with Gasteiger partial charge in [-0.05, 0) is 49.6 Å². The average Bonchev–Trinajstić information content (AvgIpc) is 2.42. The van der Waals surface area contributed by atoms with E-state index in [1.807, 2.05) is 6.07 Å². The van der Waals surface area contributed by atoms with Crippen molar-refractivity contribution in [1.82, 2.24) is 5.32 Å². The second-order valence-corrected chi connectivity index (χ2v) is 5.83. The quantitative estimate of drug-likeness (QED) is 0.820. The molecule has 0 spiro atoms. The highest BCUT2D eigenvalue weighted by Gasteiger charge is 2.16. The first-order chi connectivity index (χ1) is 10.0. The Morgan fingerprint density at radius 2 is 1.95 bits per heavy atom. The van der Waals surface area contributed by atoms with Crippen LogP contribution < -0.4 is 5.32 Å². The lowest BCUT2D eigenvalue weighted by Crippen LogP contribution is -2.23. The molecule has 0 heterocycles. The first-order valence-corrected chi connectivity index (χ1v) is 7.63. The van der Waals surface area contributed by atoms with Gasteiger partial charge in [0.25, 0.3) is 0 Å². The van der Waals surface area contributed by atoms with Gasteiger partial charge in [0, 0.05) is 11.1 Å². The zero-order valence-electron chi connectivity index (χ0n) is 12.7. The highest BCUT2D eigenvalue weighted by Crippen LogP contribution is 2.28. The van der Waals surface area contributed by atoms with Gasteiger partial charge in [-0.1, -0.05) is 54.4 Å². The molecular formula is C18H21ClFN. The Bertz CT molecular complexity index is 625. The summed E-state index contributed by atoms with van der Waals surface area (Å²) in [4.78, 5) is 0. The summed E-state index contributed by atoms with van der Waals surface area (Å²) >= 11 is 6.25. The third kappa shape index (κ3) is 4.05. The van der Waals surface area contributed by atoms with Crippen LogP contribution in [0.25, 0.3) is 0 Å². The van der Waals surface area contributed by atoms with Crippen molar-refractivity contribution in [3.8, 4) is 0 Å². The Morgan fingerprint density at radius 1 is 1.19 bits per heavy atom. The third-order valence-corrected chi connectivity index (χ3v) is 3.95. The number of hydrogen-bond donors (Lipinski definition) is 1. The van der Waals surface area contributed by atoms with Crippen LogP contribution in [0.2, 0.25) is 5.02 Å². The van der Waals surface area contributed by atoms with E-state index in [4.69, 9.17) is 11.6 Å².